The highest BCUT2D eigenvalue weighted by molar-refractivity contribution is 5.96. The lowest BCUT2D eigenvalue weighted by molar-refractivity contribution is -0.132. The van der Waals surface area contributed by atoms with Gasteiger partial charge in [-0.15, -0.1) is 0 Å². The number of aryl methyl sites for hydroxylation is 1. The molecule has 1 fully saturated rings. The molecule has 6 nitrogen and oxygen atoms in total. The fourth-order valence-electron chi connectivity index (χ4n) is 3.32. The second-order valence-electron chi connectivity index (χ2n) is 6.46. The quantitative estimate of drug-likeness (QED) is 0.744. The van der Waals surface area contributed by atoms with E-state index in [-0.39, 0.29) is 36.3 Å². The summed E-state index contributed by atoms with van der Waals surface area (Å²) in [6.45, 7) is 4.08. The summed E-state index contributed by atoms with van der Waals surface area (Å²) in [6, 6.07) is 7.65. The molecule has 0 bridgehead atoms. The van der Waals surface area contributed by atoms with Gasteiger partial charge in [-0.25, -0.2) is 4.79 Å². The van der Waals surface area contributed by atoms with Crippen molar-refractivity contribution in [3.05, 3.63) is 41.9 Å². The van der Waals surface area contributed by atoms with Crippen LogP contribution in [-0.4, -0.2) is 30.8 Å². The van der Waals surface area contributed by atoms with Crippen LogP contribution in [0.2, 0.25) is 0 Å². The largest absolute Gasteiger partial charge is 0.508 e. The molecule has 0 radical (unpaired) electrons. The third-order valence-corrected chi connectivity index (χ3v) is 4.76. The Balaban J connectivity index is 1.60. The molecular formula is C20H24O6. The molecule has 140 valence electrons. The molecule has 1 aromatic carbocycles. The molecule has 3 unspecified atom stereocenters. The molecule has 26 heavy (non-hydrogen) atoms. The van der Waals surface area contributed by atoms with Crippen molar-refractivity contribution in [3.8, 4) is 5.75 Å². The van der Waals surface area contributed by atoms with Gasteiger partial charge in [-0.2, -0.15) is 0 Å². The number of Topliss-reactive ketones (excluding diaryl/α,β-unsaturated/α-hetero) is 1. The first-order valence-electron chi connectivity index (χ1n) is 9.10. The second kappa shape index (κ2) is 8.25. The van der Waals surface area contributed by atoms with Crippen molar-refractivity contribution in [2.75, 3.05) is 6.61 Å². The number of benzene rings is 1. The first-order chi connectivity index (χ1) is 12.6. The minimum atomic E-state index is -0.673. The van der Waals surface area contributed by atoms with Crippen LogP contribution >= 0.6 is 0 Å². The van der Waals surface area contributed by atoms with Crippen molar-refractivity contribution in [1.29, 1.82) is 0 Å². The fraction of sp³-hybridized carbons (Fsp3) is 0.500. The molecule has 1 aromatic rings. The Morgan fingerprint density at radius 1 is 1.19 bits per heavy atom. The van der Waals surface area contributed by atoms with Gasteiger partial charge in [-0.1, -0.05) is 19.1 Å². The van der Waals surface area contributed by atoms with E-state index in [4.69, 9.17) is 18.9 Å². The van der Waals surface area contributed by atoms with E-state index in [1.807, 2.05) is 24.3 Å². The predicted octanol–water partition coefficient (Wildman–Crippen LogP) is 3.78. The molecule has 1 aliphatic heterocycles. The number of carbonyl (C=O) groups excluding carboxylic acids is 2. The van der Waals surface area contributed by atoms with Gasteiger partial charge in [-0.05, 0) is 43.9 Å². The Kier molecular flexibility index (Phi) is 5.81. The third-order valence-electron chi connectivity index (χ3n) is 4.76. The standard InChI is InChI=1S/C20H24O6/c1-3-13-5-7-14(8-6-13)25-18-12-24-17-11-15(26-20(22)23-4-2)9-10-16(17)19(18)21/h5-8,12,15-17H,3-4,9-11H2,1-2H3. The Hall–Kier alpha value is -2.50. The second-order valence-corrected chi connectivity index (χ2v) is 6.46. The molecule has 0 saturated heterocycles. The SMILES string of the molecule is CCOC(=O)OC1CCC2C(=O)C(Oc3ccc(CC)cc3)=COC2C1. The third kappa shape index (κ3) is 4.18. The van der Waals surface area contributed by atoms with Gasteiger partial charge in [0.25, 0.3) is 0 Å². The lowest BCUT2D eigenvalue weighted by Gasteiger charge is -2.36. The van der Waals surface area contributed by atoms with Crippen molar-refractivity contribution in [2.45, 2.75) is 51.7 Å². The molecule has 1 saturated carbocycles. The van der Waals surface area contributed by atoms with E-state index >= 15 is 0 Å². The van der Waals surface area contributed by atoms with Crippen LogP contribution in [0.5, 0.6) is 5.75 Å². The average Bonchev–Trinajstić information content (AvgIpc) is 2.65. The molecule has 0 amide bonds. The number of ether oxygens (including phenoxy) is 4. The number of rotatable bonds is 5. The van der Waals surface area contributed by atoms with Gasteiger partial charge in [0, 0.05) is 6.42 Å². The van der Waals surface area contributed by atoms with Crippen LogP contribution in [0.1, 0.15) is 38.7 Å². The molecule has 3 rings (SSSR count). The Bertz CT molecular complexity index is 678. The molecule has 3 atom stereocenters. The molecule has 0 aromatic heterocycles. The first kappa shape index (κ1) is 18.3. The molecule has 6 heteroatoms. The summed E-state index contributed by atoms with van der Waals surface area (Å²) >= 11 is 0. The van der Waals surface area contributed by atoms with Crippen molar-refractivity contribution in [1.82, 2.24) is 0 Å². The van der Waals surface area contributed by atoms with Gasteiger partial charge in [0.2, 0.25) is 11.5 Å². The van der Waals surface area contributed by atoms with Gasteiger partial charge in [0.05, 0.1) is 12.5 Å². The van der Waals surface area contributed by atoms with Crippen LogP contribution in [0.3, 0.4) is 0 Å². The van der Waals surface area contributed by atoms with E-state index < -0.39 is 6.16 Å². The van der Waals surface area contributed by atoms with Gasteiger partial charge in [0.15, 0.2) is 0 Å². The lowest BCUT2D eigenvalue weighted by Crippen LogP contribution is -2.43. The van der Waals surface area contributed by atoms with E-state index in [2.05, 4.69) is 6.92 Å². The van der Waals surface area contributed by atoms with Crippen LogP contribution < -0.4 is 4.74 Å². The average molecular weight is 360 g/mol. The number of fused-ring (bicyclic) bond motifs is 1. The Morgan fingerprint density at radius 2 is 1.96 bits per heavy atom. The molecule has 1 aliphatic carbocycles. The topological polar surface area (TPSA) is 71.1 Å². The Morgan fingerprint density at radius 3 is 2.65 bits per heavy atom. The van der Waals surface area contributed by atoms with Crippen LogP contribution in [0.25, 0.3) is 0 Å². The van der Waals surface area contributed by atoms with Gasteiger partial charge in [0.1, 0.15) is 24.2 Å². The van der Waals surface area contributed by atoms with Gasteiger partial charge < -0.3 is 18.9 Å². The number of hydrogen-bond donors (Lipinski definition) is 0. The molecule has 0 N–H and O–H groups in total. The summed E-state index contributed by atoms with van der Waals surface area (Å²) in [7, 11) is 0. The maximum atomic E-state index is 12.7. The highest BCUT2D eigenvalue weighted by Crippen LogP contribution is 2.35. The van der Waals surface area contributed by atoms with Crippen molar-refractivity contribution < 1.29 is 28.5 Å². The summed E-state index contributed by atoms with van der Waals surface area (Å²) in [5.41, 5.74) is 1.21. The maximum Gasteiger partial charge on any atom is 0.508 e. The van der Waals surface area contributed by atoms with Crippen molar-refractivity contribution in [3.63, 3.8) is 0 Å². The fourth-order valence-corrected chi connectivity index (χ4v) is 3.32. The lowest BCUT2D eigenvalue weighted by atomic mass is 9.80. The molecule has 0 spiro atoms. The van der Waals surface area contributed by atoms with Crippen molar-refractivity contribution in [2.24, 2.45) is 5.92 Å². The maximum absolute atomic E-state index is 12.7. The van der Waals surface area contributed by atoms with E-state index in [0.717, 1.165) is 6.42 Å². The summed E-state index contributed by atoms with van der Waals surface area (Å²) < 4.78 is 21.5. The van der Waals surface area contributed by atoms with Crippen molar-refractivity contribution >= 4 is 11.9 Å². The van der Waals surface area contributed by atoms with Crippen LogP contribution in [0.15, 0.2) is 36.3 Å². The Labute approximate surface area is 153 Å². The highest BCUT2D eigenvalue weighted by Gasteiger charge is 2.42. The zero-order valence-electron chi connectivity index (χ0n) is 15.1. The van der Waals surface area contributed by atoms with Crippen LogP contribution in [0.4, 0.5) is 4.79 Å². The minimum Gasteiger partial charge on any atom is -0.493 e. The smallest absolute Gasteiger partial charge is 0.493 e. The van der Waals surface area contributed by atoms with Crippen LogP contribution in [0, 0.1) is 5.92 Å². The monoisotopic (exact) mass is 360 g/mol. The van der Waals surface area contributed by atoms with E-state index in [1.54, 1.807) is 6.92 Å². The van der Waals surface area contributed by atoms with Gasteiger partial charge in [-0.3, -0.25) is 4.79 Å². The molecule has 1 heterocycles. The summed E-state index contributed by atoms with van der Waals surface area (Å²) in [4.78, 5) is 24.2. The van der Waals surface area contributed by atoms with E-state index in [9.17, 15) is 9.59 Å². The van der Waals surface area contributed by atoms with Gasteiger partial charge >= 0.3 is 6.16 Å². The highest BCUT2D eigenvalue weighted by atomic mass is 16.7. The summed E-state index contributed by atoms with van der Waals surface area (Å²) in [6.07, 6.45) is 2.73. The zero-order chi connectivity index (χ0) is 18.5. The van der Waals surface area contributed by atoms with E-state index in [0.29, 0.717) is 25.0 Å². The number of ketones is 1. The summed E-state index contributed by atoms with van der Waals surface area (Å²) in [5, 5.41) is 0. The number of hydrogen-bond acceptors (Lipinski definition) is 6. The number of carbonyl (C=O) groups is 2. The molecule has 2 aliphatic rings. The first-order valence-corrected chi connectivity index (χ1v) is 9.10. The summed E-state index contributed by atoms with van der Waals surface area (Å²) in [5.74, 6) is 0.505. The molecular weight excluding hydrogens is 336 g/mol. The zero-order valence-corrected chi connectivity index (χ0v) is 15.1. The van der Waals surface area contributed by atoms with Crippen LogP contribution in [-0.2, 0) is 25.4 Å². The predicted molar refractivity (Wildman–Crippen MR) is 93.6 cm³/mol. The minimum absolute atomic E-state index is 0.0598. The normalized spacial score (nSPS) is 24.8. The van der Waals surface area contributed by atoms with E-state index in [1.165, 1.54) is 11.8 Å². The number of allylic oxidation sites excluding steroid dienone is 1.